The van der Waals surface area contributed by atoms with Crippen LogP contribution in [0, 0.1) is 11.3 Å². The summed E-state index contributed by atoms with van der Waals surface area (Å²) in [4.78, 5) is 20.4. The van der Waals surface area contributed by atoms with Gasteiger partial charge in [-0.2, -0.15) is 5.26 Å². The molecule has 6 nitrogen and oxygen atoms in total. The minimum Gasteiger partial charge on any atom is -0.348 e. The Balaban J connectivity index is 1.58. The fraction of sp³-hybridized carbons (Fsp3) is 0.0526. The van der Waals surface area contributed by atoms with Crippen molar-refractivity contribution in [3.63, 3.8) is 0 Å². The molecule has 0 spiro atoms. The summed E-state index contributed by atoms with van der Waals surface area (Å²) in [5, 5.41) is 15.3. The van der Waals surface area contributed by atoms with Gasteiger partial charge in [-0.25, -0.2) is 9.97 Å². The molecule has 0 saturated heterocycles. The second kappa shape index (κ2) is 8.10. The van der Waals surface area contributed by atoms with Crippen LogP contribution >= 0.6 is 11.6 Å². The molecule has 128 valence electrons. The molecule has 1 amide bonds. The van der Waals surface area contributed by atoms with Crippen molar-refractivity contribution in [2.24, 2.45) is 0 Å². The molecule has 0 bridgehead atoms. The molecule has 0 unspecified atom stereocenters. The fourth-order valence-electron chi connectivity index (χ4n) is 2.15. The molecule has 7 heteroatoms. The summed E-state index contributed by atoms with van der Waals surface area (Å²) < 4.78 is 0. The number of anilines is 2. The van der Waals surface area contributed by atoms with Crippen molar-refractivity contribution in [1.29, 1.82) is 5.26 Å². The van der Waals surface area contributed by atoms with Crippen LogP contribution in [0.25, 0.3) is 0 Å². The number of halogens is 1. The normalized spacial score (nSPS) is 10.0. The Morgan fingerprint density at radius 3 is 2.31 bits per heavy atom. The van der Waals surface area contributed by atoms with Gasteiger partial charge in [0.2, 0.25) is 5.95 Å². The zero-order valence-corrected chi connectivity index (χ0v) is 14.4. The topological polar surface area (TPSA) is 90.7 Å². The molecule has 1 aromatic heterocycles. The van der Waals surface area contributed by atoms with Crippen molar-refractivity contribution in [3.8, 4) is 6.07 Å². The average Bonchev–Trinajstić information content (AvgIpc) is 2.68. The predicted molar refractivity (Wildman–Crippen MR) is 99.1 cm³/mol. The van der Waals surface area contributed by atoms with Crippen LogP contribution in [0.1, 0.15) is 21.5 Å². The van der Waals surface area contributed by atoms with E-state index in [0.717, 1.165) is 11.3 Å². The van der Waals surface area contributed by atoms with Crippen LogP contribution in [0.2, 0.25) is 5.02 Å². The van der Waals surface area contributed by atoms with E-state index >= 15 is 0 Å². The van der Waals surface area contributed by atoms with Crippen LogP contribution in [0.5, 0.6) is 0 Å². The summed E-state index contributed by atoms with van der Waals surface area (Å²) in [7, 11) is 0. The van der Waals surface area contributed by atoms with Crippen molar-refractivity contribution >= 4 is 29.1 Å². The Morgan fingerprint density at radius 1 is 1.04 bits per heavy atom. The summed E-state index contributed by atoms with van der Waals surface area (Å²) in [6.45, 7) is 0.390. The number of aromatic nitrogens is 2. The third kappa shape index (κ3) is 4.56. The summed E-state index contributed by atoms with van der Waals surface area (Å²) in [5.41, 5.74) is 2.64. The van der Waals surface area contributed by atoms with E-state index in [9.17, 15) is 4.79 Å². The van der Waals surface area contributed by atoms with Crippen LogP contribution < -0.4 is 10.6 Å². The third-order valence-electron chi connectivity index (χ3n) is 3.55. The van der Waals surface area contributed by atoms with E-state index in [-0.39, 0.29) is 5.91 Å². The van der Waals surface area contributed by atoms with Gasteiger partial charge in [-0.05, 0) is 42.0 Å². The van der Waals surface area contributed by atoms with Crippen molar-refractivity contribution in [2.45, 2.75) is 6.54 Å². The van der Waals surface area contributed by atoms with Gasteiger partial charge in [-0.3, -0.25) is 4.79 Å². The Kier molecular flexibility index (Phi) is 5.42. The standard InChI is InChI=1S/C19H14ClN5O/c20-16-5-1-14(2-6-16)10-22-18(26)15-11-23-19(24-12-15)25-17-7-3-13(9-21)4-8-17/h1-8,11-12H,10H2,(H,22,26)(H,23,24,25). The first kappa shape index (κ1) is 17.4. The Bertz CT molecular complexity index is 932. The predicted octanol–water partition coefficient (Wildman–Crippen LogP) is 3.68. The lowest BCUT2D eigenvalue weighted by Crippen LogP contribution is -2.23. The second-order valence-electron chi connectivity index (χ2n) is 5.42. The van der Waals surface area contributed by atoms with Gasteiger partial charge in [0, 0.05) is 29.6 Å². The van der Waals surface area contributed by atoms with E-state index in [4.69, 9.17) is 16.9 Å². The smallest absolute Gasteiger partial charge is 0.254 e. The zero-order valence-electron chi connectivity index (χ0n) is 13.6. The maximum atomic E-state index is 12.2. The maximum Gasteiger partial charge on any atom is 0.254 e. The molecule has 0 aliphatic heterocycles. The van der Waals surface area contributed by atoms with Gasteiger partial charge >= 0.3 is 0 Å². The number of hydrogen-bond donors (Lipinski definition) is 2. The summed E-state index contributed by atoms with van der Waals surface area (Å²) in [6, 6.07) is 16.2. The maximum absolute atomic E-state index is 12.2. The summed E-state index contributed by atoms with van der Waals surface area (Å²) >= 11 is 5.83. The fourth-order valence-corrected chi connectivity index (χ4v) is 2.28. The van der Waals surface area contributed by atoms with Crippen LogP contribution in [-0.2, 0) is 6.54 Å². The minimum absolute atomic E-state index is 0.259. The molecule has 2 N–H and O–H groups in total. The van der Waals surface area contributed by atoms with Crippen LogP contribution in [0.15, 0.2) is 60.9 Å². The quantitative estimate of drug-likeness (QED) is 0.721. The van der Waals surface area contributed by atoms with Crippen molar-refractivity contribution in [1.82, 2.24) is 15.3 Å². The van der Waals surface area contributed by atoms with E-state index in [1.54, 1.807) is 36.4 Å². The molecule has 3 rings (SSSR count). The molecule has 0 fully saturated rings. The number of amides is 1. The van der Waals surface area contributed by atoms with Gasteiger partial charge < -0.3 is 10.6 Å². The monoisotopic (exact) mass is 363 g/mol. The number of rotatable bonds is 5. The molecular weight excluding hydrogens is 350 g/mol. The highest BCUT2D eigenvalue weighted by Gasteiger charge is 2.07. The molecule has 2 aromatic carbocycles. The number of nitriles is 1. The minimum atomic E-state index is -0.259. The molecule has 26 heavy (non-hydrogen) atoms. The number of carbonyl (C=O) groups is 1. The molecule has 0 radical (unpaired) electrons. The van der Waals surface area contributed by atoms with E-state index in [0.29, 0.717) is 28.6 Å². The van der Waals surface area contributed by atoms with Gasteiger partial charge in [0.05, 0.1) is 17.2 Å². The molecule has 0 atom stereocenters. The van der Waals surface area contributed by atoms with Crippen molar-refractivity contribution in [2.75, 3.05) is 5.32 Å². The van der Waals surface area contributed by atoms with E-state index < -0.39 is 0 Å². The molecule has 0 aliphatic rings. The second-order valence-corrected chi connectivity index (χ2v) is 5.86. The lowest BCUT2D eigenvalue weighted by Gasteiger charge is -2.07. The van der Waals surface area contributed by atoms with E-state index in [1.165, 1.54) is 12.4 Å². The average molecular weight is 364 g/mol. The number of benzene rings is 2. The molecule has 3 aromatic rings. The van der Waals surface area contributed by atoms with Gasteiger partial charge in [-0.1, -0.05) is 23.7 Å². The zero-order chi connectivity index (χ0) is 18.4. The van der Waals surface area contributed by atoms with Crippen LogP contribution in [0.4, 0.5) is 11.6 Å². The van der Waals surface area contributed by atoms with Gasteiger partial charge in [0.15, 0.2) is 0 Å². The van der Waals surface area contributed by atoms with Crippen molar-refractivity contribution < 1.29 is 4.79 Å². The Morgan fingerprint density at radius 2 is 1.69 bits per heavy atom. The molecule has 0 aliphatic carbocycles. The third-order valence-corrected chi connectivity index (χ3v) is 3.80. The van der Waals surface area contributed by atoms with Gasteiger partial charge in [0.1, 0.15) is 0 Å². The number of nitrogens with one attached hydrogen (secondary N) is 2. The van der Waals surface area contributed by atoms with Crippen molar-refractivity contribution in [3.05, 3.63) is 82.6 Å². The lowest BCUT2D eigenvalue weighted by molar-refractivity contribution is 0.0950. The Labute approximate surface area is 155 Å². The first-order valence-corrected chi connectivity index (χ1v) is 8.14. The first-order chi connectivity index (χ1) is 12.6. The van der Waals surface area contributed by atoms with Crippen LogP contribution in [0.3, 0.4) is 0 Å². The number of carbonyl (C=O) groups excluding carboxylic acids is 1. The summed E-state index contributed by atoms with van der Waals surface area (Å²) in [5.74, 6) is 0.105. The van der Waals surface area contributed by atoms with E-state index in [1.807, 2.05) is 12.1 Å². The first-order valence-electron chi connectivity index (χ1n) is 7.76. The largest absolute Gasteiger partial charge is 0.348 e. The number of hydrogen-bond acceptors (Lipinski definition) is 5. The van der Waals surface area contributed by atoms with Crippen LogP contribution in [-0.4, -0.2) is 15.9 Å². The van der Waals surface area contributed by atoms with Gasteiger partial charge in [0.25, 0.3) is 5.91 Å². The van der Waals surface area contributed by atoms with Gasteiger partial charge in [-0.15, -0.1) is 0 Å². The van der Waals surface area contributed by atoms with E-state index in [2.05, 4.69) is 26.7 Å². The number of nitrogens with zero attached hydrogens (tertiary/aromatic N) is 3. The lowest BCUT2D eigenvalue weighted by atomic mass is 10.2. The molecular formula is C19H14ClN5O. The SMILES string of the molecule is N#Cc1ccc(Nc2ncc(C(=O)NCc3ccc(Cl)cc3)cn2)cc1. The summed E-state index contributed by atoms with van der Waals surface area (Å²) in [6.07, 6.45) is 2.91. The molecule has 1 heterocycles. The highest BCUT2D eigenvalue weighted by Crippen LogP contribution is 2.13. The highest BCUT2D eigenvalue weighted by molar-refractivity contribution is 6.30. The highest BCUT2D eigenvalue weighted by atomic mass is 35.5. The Hall–Kier alpha value is -3.43. The molecule has 0 saturated carbocycles.